The van der Waals surface area contributed by atoms with E-state index in [9.17, 15) is 0 Å². The molecule has 1 N–H and O–H groups in total. The maximum absolute atomic E-state index is 5.83. The molecule has 0 fully saturated rings. The smallest absolute Gasteiger partial charge is 0.216 e. The first kappa shape index (κ1) is 19.2. The standard InChI is InChI=1S/C18H26N4O2S/c1-4-6-7-8-11-24-15-10-9-14(12-16(15)23-3)13-19-22-17(5-2)20-21-18(22)25/h9-10,12-13H,4-8,11H2,1-3H3,(H,21,25)/b19-13-. The van der Waals surface area contributed by atoms with E-state index >= 15 is 0 Å². The lowest BCUT2D eigenvalue weighted by Gasteiger charge is -2.11. The lowest BCUT2D eigenvalue weighted by molar-refractivity contribution is 0.285. The molecule has 1 aromatic carbocycles. The van der Waals surface area contributed by atoms with Gasteiger partial charge in [0.2, 0.25) is 4.77 Å². The molecule has 1 heterocycles. The molecule has 0 saturated carbocycles. The summed E-state index contributed by atoms with van der Waals surface area (Å²) in [5.41, 5.74) is 0.903. The van der Waals surface area contributed by atoms with Crippen molar-refractivity contribution in [2.45, 2.75) is 46.0 Å². The van der Waals surface area contributed by atoms with Crippen molar-refractivity contribution in [1.29, 1.82) is 0 Å². The van der Waals surface area contributed by atoms with Crippen LogP contribution in [0.5, 0.6) is 11.5 Å². The second-order valence-electron chi connectivity index (χ2n) is 5.67. The molecule has 7 heteroatoms. The number of H-pyrrole nitrogens is 1. The van der Waals surface area contributed by atoms with Crippen LogP contribution in [0.1, 0.15) is 50.9 Å². The number of nitrogens with one attached hydrogen (secondary N) is 1. The van der Waals surface area contributed by atoms with Gasteiger partial charge in [-0.1, -0.05) is 33.1 Å². The van der Waals surface area contributed by atoms with E-state index in [0.29, 0.717) is 17.1 Å². The molecule has 0 radical (unpaired) electrons. The Morgan fingerprint density at radius 1 is 1.24 bits per heavy atom. The lowest BCUT2D eigenvalue weighted by Crippen LogP contribution is -2.00. The molecule has 0 aliphatic heterocycles. The van der Waals surface area contributed by atoms with Crippen LogP contribution in [0, 0.1) is 4.77 Å². The Morgan fingerprint density at radius 3 is 2.80 bits per heavy atom. The normalized spacial score (nSPS) is 11.2. The van der Waals surface area contributed by atoms with Crippen LogP contribution in [0.2, 0.25) is 0 Å². The Morgan fingerprint density at radius 2 is 2.08 bits per heavy atom. The van der Waals surface area contributed by atoms with Crippen molar-refractivity contribution < 1.29 is 9.47 Å². The Hall–Kier alpha value is -2.15. The van der Waals surface area contributed by atoms with Gasteiger partial charge in [0.1, 0.15) is 0 Å². The number of methoxy groups -OCH3 is 1. The number of aromatic amines is 1. The Kier molecular flexibility index (Phi) is 7.66. The Bertz CT molecular complexity index is 752. The molecule has 0 saturated heterocycles. The molecular formula is C18H26N4O2S. The molecule has 0 aliphatic carbocycles. The SMILES string of the molecule is CCCCCCOc1ccc(/C=N\n2c(CC)n[nH]c2=S)cc1OC. The average Bonchev–Trinajstić information content (AvgIpc) is 3.00. The minimum Gasteiger partial charge on any atom is -0.493 e. The van der Waals surface area contributed by atoms with Gasteiger partial charge in [-0.15, -0.1) is 0 Å². The fourth-order valence-electron chi connectivity index (χ4n) is 2.39. The zero-order chi connectivity index (χ0) is 18.1. The van der Waals surface area contributed by atoms with Gasteiger partial charge in [0, 0.05) is 6.42 Å². The summed E-state index contributed by atoms with van der Waals surface area (Å²) >= 11 is 5.19. The first-order valence-electron chi connectivity index (χ1n) is 8.71. The summed E-state index contributed by atoms with van der Waals surface area (Å²) in [6.45, 7) is 4.91. The molecule has 0 aliphatic rings. The van der Waals surface area contributed by atoms with Crippen LogP contribution in [0.4, 0.5) is 0 Å². The largest absolute Gasteiger partial charge is 0.493 e. The molecule has 0 spiro atoms. The minimum atomic E-state index is 0.479. The number of hydrogen-bond donors (Lipinski definition) is 1. The van der Waals surface area contributed by atoms with Crippen molar-refractivity contribution in [2.75, 3.05) is 13.7 Å². The predicted octanol–water partition coefficient (Wildman–Crippen LogP) is 4.35. The summed E-state index contributed by atoms with van der Waals surface area (Å²) in [6.07, 6.45) is 7.19. The van der Waals surface area contributed by atoms with E-state index in [2.05, 4.69) is 22.2 Å². The summed E-state index contributed by atoms with van der Waals surface area (Å²) in [6, 6.07) is 5.76. The minimum absolute atomic E-state index is 0.479. The first-order chi connectivity index (χ1) is 12.2. The first-order valence-corrected chi connectivity index (χ1v) is 9.11. The zero-order valence-electron chi connectivity index (χ0n) is 15.1. The molecule has 0 unspecified atom stereocenters. The van der Waals surface area contributed by atoms with Crippen molar-refractivity contribution >= 4 is 18.4 Å². The summed E-state index contributed by atoms with van der Waals surface area (Å²) in [4.78, 5) is 0. The molecule has 0 atom stereocenters. The van der Waals surface area contributed by atoms with Gasteiger partial charge in [-0.3, -0.25) is 5.10 Å². The van der Waals surface area contributed by atoms with Gasteiger partial charge >= 0.3 is 0 Å². The molecule has 136 valence electrons. The zero-order valence-corrected chi connectivity index (χ0v) is 15.9. The summed E-state index contributed by atoms with van der Waals surface area (Å²) in [5, 5.41) is 11.3. The Balaban J connectivity index is 2.06. The lowest BCUT2D eigenvalue weighted by atomic mass is 10.2. The number of aromatic nitrogens is 3. The fraction of sp³-hybridized carbons (Fsp3) is 0.500. The number of ether oxygens (including phenoxy) is 2. The quantitative estimate of drug-likeness (QED) is 0.388. The molecule has 2 aromatic rings. The van der Waals surface area contributed by atoms with Crippen molar-refractivity contribution in [3.63, 3.8) is 0 Å². The molecule has 0 bridgehead atoms. The van der Waals surface area contributed by atoms with Crippen LogP contribution in [-0.4, -0.2) is 34.8 Å². The van der Waals surface area contributed by atoms with Gasteiger partial charge in [0.15, 0.2) is 17.3 Å². The van der Waals surface area contributed by atoms with Crippen molar-refractivity contribution in [1.82, 2.24) is 14.9 Å². The summed E-state index contributed by atoms with van der Waals surface area (Å²) in [5.74, 6) is 2.25. The summed E-state index contributed by atoms with van der Waals surface area (Å²) in [7, 11) is 1.64. The molecule has 6 nitrogen and oxygen atoms in total. The number of unbranched alkanes of at least 4 members (excludes halogenated alkanes) is 3. The van der Waals surface area contributed by atoms with Gasteiger partial charge < -0.3 is 9.47 Å². The van der Waals surface area contributed by atoms with E-state index in [1.165, 1.54) is 19.3 Å². The topological polar surface area (TPSA) is 64.4 Å². The number of benzene rings is 1. The monoisotopic (exact) mass is 362 g/mol. The van der Waals surface area contributed by atoms with Crippen LogP contribution < -0.4 is 9.47 Å². The van der Waals surface area contributed by atoms with Crippen LogP contribution >= 0.6 is 12.2 Å². The molecule has 25 heavy (non-hydrogen) atoms. The van der Waals surface area contributed by atoms with E-state index in [1.807, 2.05) is 25.1 Å². The van der Waals surface area contributed by atoms with Gasteiger partial charge in [-0.25, -0.2) is 0 Å². The van der Waals surface area contributed by atoms with E-state index in [1.54, 1.807) is 18.0 Å². The highest BCUT2D eigenvalue weighted by Gasteiger charge is 2.06. The second-order valence-corrected chi connectivity index (χ2v) is 6.06. The summed E-state index contributed by atoms with van der Waals surface area (Å²) < 4.78 is 13.4. The molecule has 1 aromatic heterocycles. The third-order valence-corrected chi connectivity index (χ3v) is 4.06. The maximum Gasteiger partial charge on any atom is 0.216 e. The van der Waals surface area contributed by atoms with Gasteiger partial charge in [-0.05, 0) is 42.4 Å². The van der Waals surface area contributed by atoms with Crippen LogP contribution in [-0.2, 0) is 6.42 Å². The third-order valence-electron chi connectivity index (χ3n) is 3.80. The number of hydrogen-bond acceptors (Lipinski definition) is 5. The van der Waals surface area contributed by atoms with Gasteiger partial charge in [0.25, 0.3) is 0 Å². The van der Waals surface area contributed by atoms with E-state index in [4.69, 9.17) is 21.7 Å². The number of rotatable bonds is 10. The highest BCUT2D eigenvalue weighted by molar-refractivity contribution is 7.71. The predicted molar refractivity (Wildman–Crippen MR) is 102 cm³/mol. The van der Waals surface area contributed by atoms with Crippen LogP contribution in [0.25, 0.3) is 0 Å². The molecule has 0 amide bonds. The third kappa shape index (κ3) is 5.42. The van der Waals surface area contributed by atoms with E-state index in [-0.39, 0.29) is 0 Å². The fourth-order valence-corrected chi connectivity index (χ4v) is 2.59. The van der Waals surface area contributed by atoms with Gasteiger partial charge in [-0.2, -0.15) is 14.9 Å². The Labute approximate surface area is 153 Å². The highest BCUT2D eigenvalue weighted by atomic mass is 32.1. The van der Waals surface area contributed by atoms with Gasteiger partial charge in [0.05, 0.1) is 19.9 Å². The van der Waals surface area contributed by atoms with Crippen molar-refractivity contribution in [2.24, 2.45) is 5.10 Å². The van der Waals surface area contributed by atoms with E-state index < -0.39 is 0 Å². The van der Waals surface area contributed by atoms with Crippen LogP contribution in [0.3, 0.4) is 0 Å². The molecule has 2 rings (SSSR count). The number of nitrogens with zero attached hydrogens (tertiary/aromatic N) is 3. The van der Waals surface area contributed by atoms with Crippen molar-refractivity contribution in [3.05, 3.63) is 34.4 Å². The average molecular weight is 362 g/mol. The highest BCUT2D eigenvalue weighted by Crippen LogP contribution is 2.27. The second kappa shape index (κ2) is 9.98. The number of aryl methyl sites for hydroxylation is 1. The van der Waals surface area contributed by atoms with Crippen molar-refractivity contribution in [3.8, 4) is 11.5 Å². The van der Waals surface area contributed by atoms with Crippen LogP contribution in [0.15, 0.2) is 23.3 Å². The molecular weight excluding hydrogens is 336 g/mol. The maximum atomic E-state index is 5.83. The van der Waals surface area contributed by atoms with E-state index in [0.717, 1.165) is 30.0 Å².